The van der Waals surface area contributed by atoms with Crippen LogP contribution in [0.5, 0.6) is 0 Å². The van der Waals surface area contributed by atoms with Crippen molar-refractivity contribution in [2.75, 3.05) is 9.80 Å². The second kappa shape index (κ2) is 8.85. The zero-order valence-corrected chi connectivity index (χ0v) is 23.7. The second-order valence-electron chi connectivity index (χ2n) is 10.3. The van der Waals surface area contributed by atoms with E-state index in [1.807, 2.05) is 0 Å². The first kappa shape index (κ1) is 26.1. The van der Waals surface area contributed by atoms with Crippen LogP contribution in [0.2, 0.25) is 0 Å². The molecule has 2 heterocycles. The maximum absolute atomic E-state index is 13.8. The van der Waals surface area contributed by atoms with Gasteiger partial charge in [-0.1, -0.05) is 44.0 Å². The highest BCUT2D eigenvalue weighted by Gasteiger charge is 2.47. The number of fused-ring (bicyclic) bond motifs is 2. The molecule has 2 aliphatic heterocycles. The van der Waals surface area contributed by atoms with E-state index in [1.54, 1.807) is 77.9 Å². The average Bonchev–Trinajstić information content (AvgIpc) is 3.14. The minimum Gasteiger partial charge on any atom is -0.443 e. The third-order valence-corrected chi connectivity index (χ3v) is 6.16. The maximum atomic E-state index is 13.8. The Kier molecular flexibility index (Phi) is 6.41. The summed E-state index contributed by atoms with van der Waals surface area (Å²) >= 11 is 6.76. The lowest BCUT2D eigenvalue weighted by Crippen LogP contribution is -2.40. The van der Waals surface area contributed by atoms with Gasteiger partial charge in [0, 0.05) is 20.1 Å². The molecule has 36 heavy (non-hydrogen) atoms. The van der Waals surface area contributed by atoms with Crippen LogP contribution in [0, 0.1) is 0 Å². The van der Waals surface area contributed by atoms with Gasteiger partial charge in [-0.2, -0.15) is 0 Å². The highest BCUT2D eigenvalue weighted by Crippen LogP contribution is 2.48. The lowest BCUT2D eigenvalue weighted by atomic mass is 9.96. The Morgan fingerprint density at radius 1 is 0.667 bits per heavy atom. The molecule has 4 rings (SSSR count). The molecular formula is C26H24Br2N2O6. The molecule has 2 aliphatic rings. The summed E-state index contributed by atoms with van der Waals surface area (Å²) in [7, 11) is 0. The number of amides is 4. The summed E-state index contributed by atoms with van der Waals surface area (Å²) in [6.07, 6.45) is -1.74. The maximum Gasteiger partial charge on any atom is 0.422 e. The number of nitrogens with zero attached hydrogens (tertiary/aromatic N) is 2. The summed E-state index contributed by atoms with van der Waals surface area (Å²) in [5.74, 6) is -1.44. The van der Waals surface area contributed by atoms with Crippen molar-refractivity contribution in [3.63, 3.8) is 0 Å². The molecule has 188 valence electrons. The zero-order chi connectivity index (χ0) is 26.7. The fraction of sp³-hybridized carbons (Fsp3) is 0.308. The van der Waals surface area contributed by atoms with Gasteiger partial charge in [0.25, 0.3) is 11.8 Å². The molecule has 0 N–H and O–H groups in total. The number of rotatable bonds is 0. The van der Waals surface area contributed by atoms with E-state index in [1.165, 1.54) is 0 Å². The minimum atomic E-state index is -0.868. The number of halogens is 2. The molecule has 2 aromatic carbocycles. The number of benzene rings is 2. The van der Waals surface area contributed by atoms with Crippen LogP contribution < -0.4 is 9.80 Å². The average molecular weight is 620 g/mol. The van der Waals surface area contributed by atoms with Crippen molar-refractivity contribution in [2.24, 2.45) is 0 Å². The quantitative estimate of drug-likeness (QED) is 0.305. The number of imide groups is 2. The zero-order valence-electron chi connectivity index (χ0n) is 20.6. The van der Waals surface area contributed by atoms with Crippen LogP contribution in [0.15, 0.2) is 45.3 Å². The van der Waals surface area contributed by atoms with Crippen molar-refractivity contribution in [1.29, 1.82) is 0 Å². The van der Waals surface area contributed by atoms with Gasteiger partial charge >= 0.3 is 12.2 Å². The lowest BCUT2D eigenvalue weighted by Gasteiger charge is -2.24. The van der Waals surface area contributed by atoms with Crippen molar-refractivity contribution in [3.8, 4) is 0 Å². The van der Waals surface area contributed by atoms with Crippen LogP contribution >= 0.6 is 31.9 Å². The smallest absolute Gasteiger partial charge is 0.422 e. The molecule has 2 aromatic rings. The molecule has 0 saturated heterocycles. The third-order valence-electron chi connectivity index (χ3n) is 5.18. The van der Waals surface area contributed by atoms with Gasteiger partial charge in [0.2, 0.25) is 0 Å². The molecule has 10 heteroatoms. The van der Waals surface area contributed by atoms with Crippen molar-refractivity contribution in [3.05, 3.63) is 56.5 Å². The van der Waals surface area contributed by atoms with Gasteiger partial charge in [0.15, 0.2) is 0 Å². The van der Waals surface area contributed by atoms with Crippen LogP contribution in [0.1, 0.15) is 52.7 Å². The van der Waals surface area contributed by atoms with Crippen molar-refractivity contribution >= 4 is 78.4 Å². The first-order valence-corrected chi connectivity index (χ1v) is 12.7. The van der Waals surface area contributed by atoms with Crippen LogP contribution in [-0.4, -0.2) is 35.2 Å². The van der Waals surface area contributed by atoms with Crippen LogP contribution in [-0.2, 0) is 19.1 Å². The number of hydrogen-bond donors (Lipinski definition) is 0. The number of hydrogen-bond acceptors (Lipinski definition) is 6. The molecule has 0 spiro atoms. The Labute approximate surface area is 225 Å². The molecule has 0 saturated carbocycles. The Morgan fingerprint density at radius 3 is 1.31 bits per heavy atom. The van der Waals surface area contributed by atoms with Crippen LogP contribution in [0.3, 0.4) is 0 Å². The first-order chi connectivity index (χ1) is 16.6. The fourth-order valence-electron chi connectivity index (χ4n) is 3.94. The molecule has 0 aromatic heterocycles. The van der Waals surface area contributed by atoms with Crippen molar-refractivity contribution < 1.29 is 28.7 Å². The highest BCUT2D eigenvalue weighted by molar-refractivity contribution is 9.10. The van der Waals surface area contributed by atoms with E-state index in [4.69, 9.17) is 9.47 Å². The molecule has 0 atom stereocenters. The van der Waals surface area contributed by atoms with Gasteiger partial charge in [-0.25, -0.2) is 19.4 Å². The molecular weight excluding hydrogens is 596 g/mol. The first-order valence-electron chi connectivity index (χ1n) is 11.1. The molecule has 0 bridgehead atoms. The summed E-state index contributed by atoms with van der Waals surface area (Å²) < 4.78 is 12.2. The van der Waals surface area contributed by atoms with Gasteiger partial charge in [-0.15, -0.1) is 0 Å². The highest BCUT2D eigenvalue weighted by atomic mass is 79.9. The molecule has 0 aliphatic carbocycles. The number of carbonyl (C=O) groups is 4. The van der Waals surface area contributed by atoms with Gasteiger partial charge in [-0.05, 0) is 65.8 Å². The van der Waals surface area contributed by atoms with E-state index in [-0.39, 0.29) is 22.5 Å². The fourth-order valence-corrected chi connectivity index (χ4v) is 4.63. The Morgan fingerprint density at radius 2 is 1.00 bits per heavy atom. The van der Waals surface area contributed by atoms with E-state index in [0.717, 1.165) is 9.80 Å². The van der Waals surface area contributed by atoms with Crippen LogP contribution in [0.25, 0.3) is 11.1 Å². The van der Waals surface area contributed by atoms with E-state index in [2.05, 4.69) is 31.9 Å². The van der Waals surface area contributed by atoms with Crippen LogP contribution in [0.4, 0.5) is 21.0 Å². The summed E-state index contributed by atoms with van der Waals surface area (Å²) in [5.41, 5.74) is -0.411. The lowest BCUT2D eigenvalue weighted by molar-refractivity contribution is -0.114. The SMILES string of the molecule is CC(C)(C)OC(=O)N1C(=O)/C(=C2\C(=O)N(C(=O)OC(C)(C)C)c3cc(Br)ccc32)c2ccc(Br)cc21. The summed E-state index contributed by atoms with van der Waals surface area (Å²) in [5, 5.41) is 0. The van der Waals surface area contributed by atoms with E-state index >= 15 is 0 Å². The van der Waals surface area contributed by atoms with E-state index in [9.17, 15) is 19.2 Å². The predicted octanol–water partition coefficient (Wildman–Crippen LogP) is 6.69. The molecule has 8 nitrogen and oxygen atoms in total. The second-order valence-corrected chi connectivity index (χ2v) is 12.1. The summed E-state index contributed by atoms with van der Waals surface area (Å²) in [4.78, 5) is 55.5. The van der Waals surface area contributed by atoms with Crippen molar-refractivity contribution in [1.82, 2.24) is 0 Å². The predicted molar refractivity (Wildman–Crippen MR) is 143 cm³/mol. The monoisotopic (exact) mass is 618 g/mol. The Bertz CT molecular complexity index is 1260. The summed E-state index contributed by atoms with van der Waals surface area (Å²) in [6, 6.07) is 9.92. The van der Waals surface area contributed by atoms with Gasteiger partial charge in [0.1, 0.15) is 11.2 Å². The molecule has 0 fully saturated rings. The van der Waals surface area contributed by atoms with Gasteiger partial charge in [-0.3, -0.25) is 9.59 Å². The van der Waals surface area contributed by atoms with E-state index in [0.29, 0.717) is 20.1 Å². The Hall–Kier alpha value is -2.98. The molecule has 4 amide bonds. The summed E-state index contributed by atoms with van der Waals surface area (Å²) in [6.45, 7) is 10.2. The third kappa shape index (κ3) is 4.71. The topological polar surface area (TPSA) is 93.2 Å². The van der Waals surface area contributed by atoms with E-state index < -0.39 is 35.2 Å². The van der Waals surface area contributed by atoms with Gasteiger partial charge < -0.3 is 9.47 Å². The number of carbonyl (C=O) groups excluding carboxylic acids is 4. The standard InChI is InChI=1S/C26H24Br2N2O6/c1-25(2,3)35-23(33)29-17-11-13(27)7-9-15(17)19(21(29)31)20-16-10-8-14(28)12-18(16)30(22(20)32)24(34)36-26(4,5)6/h7-12H,1-6H3/b20-19-. The number of anilines is 2. The largest absolute Gasteiger partial charge is 0.443 e. The minimum absolute atomic E-state index is 0.00277. The van der Waals surface area contributed by atoms with Crippen molar-refractivity contribution in [2.45, 2.75) is 52.7 Å². The Balaban J connectivity index is 1.94. The normalized spacial score (nSPS) is 17.3. The molecule has 0 unspecified atom stereocenters. The number of ether oxygens (including phenoxy) is 2. The van der Waals surface area contributed by atoms with Gasteiger partial charge in [0.05, 0.1) is 22.5 Å². The molecule has 0 radical (unpaired) electrons.